The van der Waals surface area contributed by atoms with E-state index in [4.69, 9.17) is 0 Å². The van der Waals surface area contributed by atoms with Crippen molar-refractivity contribution in [3.05, 3.63) is 0 Å². The standard InChI is InChI=1S/C14H26BrNO/c1-4-12(5-2)16(11-10-15)13(17)14(3)8-6-7-9-14/h12H,4-11H2,1-3H3. The number of alkyl halides is 1. The van der Waals surface area contributed by atoms with Gasteiger partial charge in [0, 0.05) is 23.3 Å². The lowest BCUT2D eigenvalue weighted by atomic mass is 9.86. The Morgan fingerprint density at radius 3 is 2.24 bits per heavy atom. The van der Waals surface area contributed by atoms with Crippen molar-refractivity contribution >= 4 is 21.8 Å². The first-order valence-electron chi connectivity index (χ1n) is 6.96. The van der Waals surface area contributed by atoms with Crippen molar-refractivity contribution < 1.29 is 4.79 Å². The van der Waals surface area contributed by atoms with Gasteiger partial charge in [0.25, 0.3) is 0 Å². The third-order valence-electron chi connectivity index (χ3n) is 4.19. The van der Waals surface area contributed by atoms with Crippen molar-refractivity contribution in [3.8, 4) is 0 Å². The summed E-state index contributed by atoms with van der Waals surface area (Å²) in [4.78, 5) is 14.8. The van der Waals surface area contributed by atoms with Crippen LogP contribution in [0.2, 0.25) is 0 Å². The van der Waals surface area contributed by atoms with Gasteiger partial charge in [-0.3, -0.25) is 4.79 Å². The molecule has 0 heterocycles. The van der Waals surface area contributed by atoms with E-state index < -0.39 is 0 Å². The molecule has 1 aliphatic rings. The average molecular weight is 304 g/mol. The minimum atomic E-state index is -0.0786. The Kier molecular flexibility index (Phi) is 5.98. The summed E-state index contributed by atoms with van der Waals surface area (Å²) in [7, 11) is 0. The first kappa shape index (κ1) is 15.0. The molecule has 0 bridgehead atoms. The Labute approximate surface area is 114 Å². The number of hydrogen-bond acceptors (Lipinski definition) is 1. The third-order valence-corrected chi connectivity index (χ3v) is 4.55. The number of amides is 1. The molecule has 1 aliphatic carbocycles. The van der Waals surface area contributed by atoms with Gasteiger partial charge in [-0.1, -0.05) is 49.5 Å². The number of hydrogen-bond donors (Lipinski definition) is 0. The summed E-state index contributed by atoms with van der Waals surface area (Å²) in [5.74, 6) is 0.392. The van der Waals surface area contributed by atoms with E-state index in [1.54, 1.807) is 0 Å². The first-order valence-corrected chi connectivity index (χ1v) is 8.08. The average Bonchev–Trinajstić information content (AvgIpc) is 2.77. The van der Waals surface area contributed by atoms with Crippen LogP contribution in [0.15, 0.2) is 0 Å². The van der Waals surface area contributed by atoms with E-state index in [0.717, 1.165) is 37.6 Å². The second-order valence-electron chi connectivity index (χ2n) is 5.43. The monoisotopic (exact) mass is 303 g/mol. The molecular weight excluding hydrogens is 278 g/mol. The smallest absolute Gasteiger partial charge is 0.228 e. The van der Waals surface area contributed by atoms with Gasteiger partial charge < -0.3 is 4.90 Å². The summed E-state index contributed by atoms with van der Waals surface area (Å²) in [6.45, 7) is 7.37. The van der Waals surface area contributed by atoms with Crippen molar-refractivity contribution in [3.63, 3.8) is 0 Å². The van der Waals surface area contributed by atoms with Gasteiger partial charge in [-0.05, 0) is 25.7 Å². The maximum atomic E-state index is 12.7. The van der Waals surface area contributed by atoms with Crippen LogP contribution in [0.4, 0.5) is 0 Å². The number of halogens is 1. The summed E-state index contributed by atoms with van der Waals surface area (Å²) in [6, 6.07) is 0.414. The Balaban J connectivity index is 2.78. The predicted molar refractivity (Wildman–Crippen MR) is 76.5 cm³/mol. The first-order chi connectivity index (χ1) is 8.09. The number of nitrogens with zero attached hydrogens (tertiary/aromatic N) is 1. The second-order valence-corrected chi connectivity index (χ2v) is 6.22. The van der Waals surface area contributed by atoms with Crippen molar-refractivity contribution in [1.82, 2.24) is 4.90 Å². The van der Waals surface area contributed by atoms with Gasteiger partial charge in [0.15, 0.2) is 0 Å². The van der Waals surface area contributed by atoms with Crippen LogP contribution in [-0.4, -0.2) is 28.7 Å². The topological polar surface area (TPSA) is 20.3 Å². The highest BCUT2D eigenvalue weighted by Crippen LogP contribution is 2.39. The quantitative estimate of drug-likeness (QED) is 0.680. The van der Waals surface area contributed by atoms with Crippen molar-refractivity contribution in [2.75, 3.05) is 11.9 Å². The van der Waals surface area contributed by atoms with E-state index in [1.807, 2.05) is 0 Å². The Morgan fingerprint density at radius 1 is 1.29 bits per heavy atom. The van der Waals surface area contributed by atoms with Gasteiger partial charge in [-0.25, -0.2) is 0 Å². The zero-order chi connectivity index (χ0) is 12.9. The van der Waals surface area contributed by atoms with Crippen LogP contribution in [0.5, 0.6) is 0 Å². The summed E-state index contributed by atoms with van der Waals surface area (Å²) < 4.78 is 0. The summed E-state index contributed by atoms with van der Waals surface area (Å²) in [6.07, 6.45) is 6.70. The Bertz CT molecular complexity index is 245. The SMILES string of the molecule is CCC(CC)N(CCBr)C(=O)C1(C)CCCC1. The van der Waals surface area contributed by atoms with E-state index in [0.29, 0.717) is 11.9 Å². The van der Waals surface area contributed by atoms with Crippen molar-refractivity contribution in [2.45, 2.75) is 65.3 Å². The molecular formula is C14H26BrNO. The normalized spacial score (nSPS) is 18.6. The van der Waals surface area contributed by atoms with Crippen LogP contribution >= 0.6 is 15.9 Å². The van der Waals surface area contributed by atoms with Gasteiger partial charge in [-0.2, -0.15) is 0 Å². The molecule has 0 atom stereocenters. The minimum absolute atomic E-state index is 0.0786. The maximum absolute atomic E-state index is 12.7. The highest BCUT2D eigenvalue weighted by Gasteiger charge is 2.40. The number of carbonyl (C=O) groups is 1. The fourth-order valence-corrected chi connectivity index (χ4v) is 3.37. The van der Waals surface area contributed by atoms with Crippen LogP contribution in [0, 0.1) is 5.41 Å². The van der Waals surface area contributed by atoms with E-state index in [9.17, 15) is 4.79 Å². The molecule has 0 aromatic rings. The molecule has 0 aliphatic heterocycles. The zero-order valence-corrected chi connectivity index (χ0v) is 13.1. The molecule has 1 amide bonds. The van der Waals surface area contributed by atoms with Gasteiger partial charge >= 0.3 is 0 Å². The predicted octanol–water partition coefficient (Wildman–Crippen LogP) is 3.98. The largest absolute Gasteiger partial charge is 0.338 e. The lowest BCUT2D eigenvalue weighted by molar-refractivity contribution is -0.143. The molecule has 0 saturated heterocycles. The fraction of sp³-hybridized carbons (Fsp3) is 0.929. The maximum Gasteiger partial charge on any atom is 0.228 e. The number of rotatable bonds is 6. The molecule has 2 nitrogen and oxygen atoms in total. The second kappa shape index (κ2) is 6.77. The van der Waals surface area contributed by atoms with Crippen LogP contribution in [0.3, 0.4) is 0 Å². The van der Waals surface area contributed by atoms with Gasteiger partial charge in [0.1, 0.15) is 0 Å². The van der Waals surface area contributed by atoms with Crippen molar-refractivity contribution in [2.24, 2.45) is 5.41 Å². The molecule has 0 spiro atoms. The lowest BCUT2D eigenvalue weighted by Gasteiger charge is -2.36. The molecule has 3 heteroatoms. The molecule has 1 fully saturated rings. The molecule has 0 radical (unpaired) electrons. The van der Waals surface area contributed by atoms with Crippen LogP contribution < -0.4 is 0 Å². The zero-order valence-electron chi connectivity index (χ0n) is 11.5. The van der Waals surface area contributed by atoms with Gasteiger partial charge in [-0.15, -0.1) is 0 Å². The fourth-order valence-electron chi connectivity index (χ4n) is 2.99. The minimum Gasteiger partial charge on any atom is -0.338 e. The molecule has 0 unspecified atom stereocenters. The van der Waals surface area contributed by atoms with Crippen LogP contribution in [-0.2, 0) is 4.79 Å². The van der Waals surface area contributed by atoms with E-state index in [-0.39, 0.29) is 5.41 Å². The summed E-state index contributed by atoms with van der Waals surface area (Å²) >= 11 is 3.48. The Hall–Kier alpha value is -0.0500. The van der Waals surface area contributed by atoms with E-state index >= 15 is 0 Å². The van der Waals surface area contributed by atoms with Crippen molar-refractivity contribution in [1.29, 1.82) is 0 Å². The van der Waals surface area contributed by atoms with Crippen LogP contribution in [0.25, 0.3) is 0 Å². The summed E-state index contributed by atoms with van der Waals surface area (Å²) in [5.41, 5.74) is -0.0786. The van der Waals surface area contributed by atoms with Crippen LogP contribution in [0.1, 0.15) is 59.3 Å². The van der Waals surface area contributed by atoms with E-state index in [1.165, 1.54) is 12.8 Å². The molecule has 1 rings (SSSR count). The summed E-state index contributed by atoms with van der Waals surface area (Å²) in [5, 5.41) is 0.880. The molecule has 1 saturated carbocycles. The Morgan fingerprint density at radius 2 is 1.82 bits per heavy atom. The molecule has 0 aromatic carbocycles. The molecule has 17 heavy (non-hydrogen) atoms. The highest BCUT2D eigenvalue weighted by molar-refractivity contribution is 9.09. The lowest BCUT2D eigenvalue weighted by Crippen LogP contribution is -2.47. The highest BCUT2D eigenvalue weighted by atomic mass is 79.9. The molecule has 100 valence electrons. The van der Waals surface area contributed by atoms with E-state index in [2.05, 4.69) is 41.6 Å². The van der Waals surface area contributed by atoms with Gasteiger partial charge in [0.2, 0.25) is 5.91 Å². The third kappa shape index (κ3) is 3.46. The van der Waals surface area contributed by atoms with Gasteiger partial charge in [0.05, 0.1) is 0 Å². The number of carbonyl (C=O) groups excluding carboxylic acids is 1. The molecule has 0 aromatic heterocycles. The molecule has 0 N–H and O–H groups in total.